The van der Waals surface area contributed by atoms with Crippen molar-refractivity contribution in [1.82, 2.24) is 15.0 Å². The zero-order valence-corrected chi connectivity index (χ0v) is 23.0. The number of nitrogens with two attached hydrogens (primary N) is 2. The van der Waals surface area contributed by atoms with Crippen molar-refractivity contribution in [3.8, 4) is 10.7 Å². The Balaban J connectivity index is 0.00000134. The van der Waals surface area contributed by atoms with Gasteiger partial charge in [0.2, 0.25) is 18.1 Å². The standard InChI is InChI=1S/C25H31F3N6OS.CH3NO/c1-15(2)13-34-8-7-17(14-34)31-20-6-4-5-18-19(10-25(26,27)28)23(36-22(18)20)24-32-21(35-33-24)9-16(11-29)12-30-3;2-1-3/h4-6,11-12,15,17,31H,7-10,13-14,29H2,1-3H3;1H,(H2,2,3)/b16-11-,30-12?;/t17-;/m0./s1. The molecule has 5 N–H and O–H groups in total. The molecule has 1 atom stereocenters. The maximum atomic E-state index is 13.6. The molecule has 1 aromatic carbocycles. The van der Waals surface area contributed by atoms with Gasteiger partial charge in [0.25, 0.3) is 0 Å². The van der Waals surface area contributed by atoms with Crippen LogP contribution in [0.4, 0.5) is 18.9 Å². The summed E-state index contributed by atoms with van der Waals surface area (Å²) in [6.45, 7) is 7.35. The molecule has 9 nitrogen and oxygen atoms in total. The number of rotatable bonds is 9. The highest BCUT2D eigenvalue weighted by Gasteiger charge is 2.33. The molecule has 1 aliphatic rings. The summed E-state index contributed by atoms with van der Waals surface area (Å²) >= 11 is 1.26. The van der Waals surface area contributed by atoms with Crippen molar-refractivity contribution in [2.45, 2.75) is 45.3 Å². The molecule has 0 radical (unpaired) electrons. The number of hydrogen-bond acceptors (Lipinski definition) is 9. The van der Waals surface area contributed by atoms with Crippen molar-refractivity contribution in [2.24, 2.45) is 22.4 Å². The van der Waals surface area contributed by atoms with E-state index in [0.29, 0.717) is 21.8 Å². The predicted octanol–water partition coefficient (Wildman–Crippen LogP) is 4.39. The van der Waals surface area contributed by atoms with Crippen LogP contribution in [-0.4, -0.2) is 66.6 Å². The number of nitrogens with zero attached hydrogens (tertiary/aromatic N) is 4. The Morgan fingerprint density at radius 3 is 2.74 bits per heavy atom. The number of anilines is 1. The highest BCUT2D eigenvalue weighted by Crippen LogP contribution is 2.43. The van der Waals surface area contributed by atoms with Crippen LogP contribution in [0.25, 0.3) is 20.8 Å². The number of amides is 1. The third-order valence-corrected chi connectivity index (χ3v) is 7.26. The van der Waals surface area contributed by atoms with Crippen molar-refractivity contribution in [1.29, 1.82) is 0 Å². The Kier molecular flexibility index (Phi) is 10.5. The number of thiophene rings is 1. The number of alkyl halides is 3. The highest BCUT2D eigenvalue weighted by atomic mass is 32.1. The van der Waals surface area contributed by atoms with E-state index in [2.05, 4.69) is 44.9 Å². The topological polar surface area (TPSA) is 136 Å². The van der Waals surface area contributed by atoms with E-state index < -0.39 is 12.6 Å². The smallest absolute Gasteiger partial charge is 0.393 e. The van der Waals surface area contributed by atoms with Gasteiger partial charge in [-0.1, -0.05) is 31.1 Å². The Labute approximate surface area is 229 Å². The average Bonchev–Trinajstić information content (AvgIpc) is 3.58. The van der Waals surface area contributed by atoms with Gasteiger partial charge in [-0.25, -0.2) is 0 Å². The van der Waals surface area contributed by atoms with Gasteiger partial charge in [0.05, 0.1) is 28.1 Å². The van der Waals surface area contributed by atoms with E-state index in [1.165, 1.54) is 17.5 Å². The second-order valence-corrected chi connectivity index (χ2v) is 10.6. The summed E-state index contributed by atoms with van der Waals surface area (Å²) in [7, 11) is 1.61. The van der Waals surface area contributed by atoms with E-state index in [1.807, 2.05) is 6.07 Å². The van der Waals surface area contributed by atoms with E-state index in [1.54, 1.807) is 25.4 Å². The summed E-state index contributed by atoms with van der Waals surface area (Å²) < 4.78 is 46.9. The van der Waals surface area contributed by atoms with Gasteiger partial charge >= 0.3 is 6.18 Å². The molecule has 0 unspecified atom stereocenters. The predicted molar refractivity (Wildman–Crippen MR) is 149 cm³/mol. The number of aromatic nitrogens is 2. The van der Waals surface area contributed by atoms with Crippen LogP contribution < -0.4 is 16.8 Å². The average molecular weight is 566 g/mol. The minimum absolute atomic E-state index is 0.144. The van der Waals surface area contributed by atoms with Crippen LogP contribution >= 0.6 is 11.3 Å². The largest absolute Gasteiger partial charge is 0.404 e. The van der Waals surface area contributed by atoms with Crippen molar-refractivity contribution in [3.63, 3.8) is 0 Å². The van der Waals surface area contributed by atoms with Crippen molar-refractivity contribution < 1.29 is 22.5 Å². The van der Waals surface area contributed by atoms with Crippen LogP contribution in [0.1, 0.15) is 31.7 Å². The zero-order valence-electron chi connectivity index (χ0n) is 22.2. The Morgan fingerprint density at radius 2 is 2.10 bits per heavy atom. The lowest BCUT2D eigenvalue weighted by atomic mass is 10.1. The minimum atomic E-state index is -4.38. The Bertz CT molecular complexity index is 1300. The fraction of sp³-hybridized carbons (Fsp3) is 0.462. The number of fused-ring (bicyclic) bond motifs is 1. The summed E-state index contributed by atoms with van der Waals surface area (Å²) in [5.41, 5.74) is 11.4. The van der Waals surface area contributed by atoms with Crippen molar-refractivity contribution in [2.75, 3.05) is 32.0 Å². The molecule has 1 saturated heterocycles. The van der Waals surface area contributed by atoms with E-state index >= 15 is 0 Å². The van der Waals surface area contributed by atoms with E-state index in [-0.39, 0.29) is 36.2 Å². The molecule has 1 aliphatic heterocycles. The van der Waals surface area contributed by atoms with Crippen molar-refractivity contribution in [3.05, 3.63) is 41.4 Å². The molecule has 0 aliphatic carbocycles. The fourth-order valence-electron chi connectivity index (χ4n) is 4.60. The lowest BCUT2D eigenvalue weighted by molar-refractivity contribution is -0.126. The molecule has 39 heavy (non-hydrogen) atoms. The number of halogens is 3. The maximum Gasteiger partial charge on any atom is 0.393 e. The summed E-state index contributed by atoms with van der Waals surface area (Å²) in [4.78, 5) is 19.7. The van der Waals surface area contributed by atoms with Gasteiger partial charge in [0.1, 0.15) is 0 Å². The first-order valence-corrected chi connectivity index (χ1v) is 13.3. The van der Waals surface area contributed by atoms with Gasteiger partial charge < -0.3 is 26.2 Å². The Hall–Kier alpha value is -3.45. The van der Waals surface area contributed by atoms with E-state index in [9.17, 15) is 13.2 Å². The molecule has 2 aromatic heterocycles. The number of carbonyl (C=O) groups excluding carboxylic acids is 1. The third kappa shape index (κ3) is 8.27. The first kappa shape index (κ1) is 30.1. The second kappa shape index (κ2) is 13.6. The first-order chi connectivity index (χ1) is 18.6. The van der Waals surface area contributed by atoms with Crippen LogP contribution in [0.15, 0.2) is 39.5 Å². The van der Waals surface area contributed by atoms with Crippen LogP contribution in [-0.2, 0) is 17.6 Å². The lowest BCUT2D eigenvalue weighted by Gasteiger charge is -2.19. The number of allylic oxidation sites excluding steroid dienone is 1. The maximum absolute atomic E-state index is 13.6. The quantitative estimate of drug-likeness (QED) is 0.259. The third-order valence-electron chi connectivity index (χ3n) is 5.99. The number of nitrogens with one attached hydrogen (secondary N) is 1. The molecule has 212 valence electrons. The molecule has 1 fully saturated rings. The molecular weight excluding hydrogens is 531 g/mol. The van der Waals surface area contributed by atoms with Gasteiger partial charge in [-0.15, -0.1) is 11.3 Å². The van der Waals surface area contributed by atoms with Gasteiger partial charge in [0, 0.05) is 38.9 Å². The SMILES string of the molecule is CN=C/C(=C\N)Cc1nc(-c2sc3c(N[C@H]4CCN(CC(C)C)C4)cccc3c2CC(F)(F)F)no1.NC=O. The highest BCUT2D eigenvalue weighted by molar-refractivity contribution is 7.23. The molecule has 4 rings (SSSR count). The van der Waals surface area contributed by atoms with Gasteiger partial charge in [-0.3, -0.25) is 9.79 Å². The van der Waals surface area contributed by atoms with Crippen LogP contribution in [0.5, 0.6) is 0 Å². The van der Waals surface area contributed by atoms with Crippen molar-refractivity contribution >= 4 is 39.7 Å². The molecular formula is C26H34F3N7O2S. The molecule has 1 amide bonds. The van der Waals surface area contributed by atoms with Gasteiger partial charge in [0.15, 0.2) is 0 Å². The summed E-state index contributed by atoms with van der Waals surface area (Å²) in [5.74, 6) is 0.985. The monoisotopic (exact) mass is 565 g/mol. The summed E-state index contributed by atoms with van der Waals surface area (Å²) in [5, 5.41) is 8.15. The summed E-state index contributed by atoms with van der Waals surface area (Å²) in [6, 6.07) is 5.69. The number of hydrogen-bond donors (Lipinski definition) is 3. The zero-order chi connectivity index (χ0) is 28.6. The number of benzene rings is 1. The second-order valence-electron chi connectivity index (χ2n) is 9.62. The van der Waals surface area contributed by atoms with Crippen LogP contribution in [0.3, 0.4) is 0 Å². The molecule has 0 spiro atoms. The number of aliphatic imine (C=N–C) groups is 1. The lowest BCUT2D eigenvalue weighted by Crippen LogP contribution is -2.29. The number of carbonyl (C=O) groups is 1. The molecule has 0 bridgehead atoms. The minimum Gasteiger partial charge on any atom is -0.404 e. The van der Waals surface area contributed by atoms with Gasteiger partial charge in [-0.2, -0.15) is 18.2 Å². The normalized spacial score (nSPS) is 16.7. The number of likely N-dealkylation sites (tertiary alicyclic amines) is 1. The molecule has 13 heteroatoms. The van der Waals surface area contributed by atoms with E-state index in [0.717, 1.165) is 36.4 Å². The Morgan fingerprint density at radius 1 is 1.36 bits per heavy atom. The van der Waals surface area contributed by atoms with Crippen LogP contribution in [0, 0.1) is 5.92 Å². The van der Waals surface area contributed by atoms with Gasteiger partial charge in [-0.05, 0) is 41.1 Å². The van der Waals surface area contributed by atoms with Crippen LogP contribution in [0.2, 0.25) is 0 Å². The van der Waals surface area contributed by atoms with E-state index in [4.69, 9.17) is 15.1 Å². The molecule has 3 heterocycles. The fourth-order valence-corrected chi connectivity index (χ4v) is 5.82. The number of primary amides is 1. The molecule has 3 aromatic rings. The first-order valence-electron chi connectivity index (χ1n) is 12.5. The summed E-state index contributed by atoms with van der Waals surface area (Å²) in [6.07, 6.45) is -1.02. The molecule has 0 saturated carbocycles.